The minimum atomic E-state index is -0.0988. The second-order valence-corrected chi connectivity index (χ2v) is 7.10. The van der Waals surface area contributed by atoms with Gasteiger partial charge in [-0.2, -0.15) is 0 Å². The topological polar surface area (TPSA) is 51.0 Å². The van der Waals surface area contributed by atoms with E-state index in [0.29, 0.717) is 11.8 Å². The van der Waals surface area contributed by atoms with Crippen molar-refractivity contribution < 1.29 is 4.79 Å². The predicted molar refractivity (Wildman–Crippen MR) is 94.5 cm³/mol. The molecule has 1 aromatic heterocycles. The molecule has 0 saturated heterocycles. The molecular formula is C19H26N4O. The zero-order chi connectivity index (χ0) is 17.4. The van der Waals surface area contributed by atoms with E-state index in [1.807, 2.05) is 32.2 Å². The molecule has 1 saturated carbocycles. The Morgan fingerprint density at radius 1 is 1.25 bits per heavy atom. The second kappa shape index (κ2) is 6.38. The largest absolute Gasteiger partial charge is 0.336 e. The van der Waals surface area contributed by atoms with Gasteiger partial charge in [-0.05, 0) is 50.2 Å². The van der Waals surface area contributed by atoms with Gasteiger partial charge in [-0.3, -0.25) is 4.79 Å². The van der Waals surface area contributed by atoms with Crippen molar-refractivity contribution in [3.8, 4) is 5.69 Å². The number of rotatable bonds is 5. The summed E-state index contributed by atoms with van der Waals surface area (Å²) in [6.45, 7) is 8.31. The third kappa shape index (κ3) is 3.07. The molecule has 0 aliphatic heterocycles. The van der Waals surface area contributed by atoms with Crippen LogP contribution in [0.25, 0.3) is 5.69 Å². The van der Waals surface area contributed by atoms with Gasteiger partial charge < -0.3 is 4.90 Å². The number of aryl methyl sites for hydroxylation is 1. The smallest absolute Gasteiger partial charge is 0.293 e. The minimum Gasteiger partial charge on any atom is -0.336 e. The number of aromatic nitrogens is 3. The van der Waals surface area contributed by atoms with Crippen LogP contribution in [0.4, 0.5) is 0 Å². The predicted octanol–water partition coefficient (Wildman–Crippen LogP) is 3.57. The summed E-state index contributed by atoms with van der Waals surface area (Å²) in [6, 6.07) is 8.40. The number of nitrogens with zero attached hydrogens (tertiary/aromatic N) is 4. The maximum absolute atomic E-state index is 12.7. The summed E-state index contributed by atoms with van der Waals surface area (Å²) in [7, 11) is 1.85. The van der Waals surface area contributed by atoms with Crippen molar-refractivity contribution in [2.24, 2.45) is 5.92 Å². The fourth-order valence-electron chi connectivity index (χ4n) is 3.12. The molecule has 1 aliphatic carbocycles. The van der Waals surface area contributed by atoms with E-state index in [1.165, 1.54) is 18.4 Å². The number of benzene rings is 1. The van der Waals surface area contributed by atoms with E-state index in [9.17, 15) is 4.79 Å². The number of carbonyl (C=O) groups is 1. The average molecular weight is 326 g/mol. The van der Waals surface area contributed by atoms with Crippen molar-refractivity contribution in [2.75, 3.05) is 7.05 Å². The zero-order valence-electron chi connectivity index (χ0n) is 15.2. The van der Waals surface area contributed by atoms with Crippen LogP contribution in [0, 0.1) is 12.8 Å². The molecule has 0 spiro atoms. The van der Waals surface area contributed by atoms with Crippen molar-refractivity contribution in [3.05, 3.63) is 41.5 Å². The van der Waals surface area contributed by atoms with Crippen molar-refractivity contribution in [3.63, 3.8) is 0 Å². The van der Waals surface area contributed by atoms with Gasteiger partial charge in [0.05, 0.1) is 5.69 Å². The van der Waals surface area contributed by atoms with Gasteiger partial charge in [0.2, 0.25) is 5.82 Å². The number of hydrogen-bond acceptors (Lipinski definition) is 3. The molecule has 1 amide bonds. The van der Waals surface area contributed by atoms with Crippen molar-refractivity contribution >= 4 is 5.91 Å². The molecule has 0 N–H and O–H groups in total. The Morgan fingerprint density at radius 3 is 2.54 bits per heavy atom. The van der Waals surface area contributed by atoms with E-state index >= 15 is 0 Å². The zero-order valence-corrected chi connectivity index (χ0v) is 15.2. The SMILES string of the molecule is Cc1nc(C(=O)N(C)[C@@H](C)C2CC2)nn1-c1ccccc1C(C)C. The first-order chi connectivity index (χ1) is 11.4. The molecule has 5 heteroatoms. The molecule has 128 valence electrons. The van der Waals surface area contributed by atoms with E-state index in [4.69, 9.17) is 0 Å². The molecule has 1 atom stereocenters. The third-order valence-corrected chi connectivity index (χ3v) is 4.98. The van der Waals surface area contributed by atoms with Gasteiger partial charge in [0, 0.05) is 13.1 Å². The Labute approximate surface area is 143 Å². The van der Waals surface area contributed by atoms with Crippen LogP contribution >= 0.6 is 0 Å². The summed E-state index contributed by atoms with van der Waals surface area (Å²) < 4.78 is 1.79. The standard InChI is InChI=1S/C19H26N4O/c1-12(2)16-8-6-7-9-17(16)23-14(4)20-18(21-23)19(24)22(5)13(3)15-10-11-15/h6-9,12-13,15H,10-11H2,1-5H3/t13-/m0/s1. The number of amides is 1. The molecule has 1 fully saturated rings. The first kappa shape index (κ1) is 16.7. The lowest BCUT2D eigenvalue weighted by Crippen LogP contribution is -2.37. The van der Waals surface area contributed by atoms with Gasteiger partial charge in [0.1, 0.15) is 5.82 Å². The van der Waals surface area contributed by atoms with Crippen LogP contribution in [-0.4, -0.2) is 38.7 Å². The van der Waals surface area contributed by atoms with Gasteiger partial charge in [-0.15, -0.1) is 5.10 Å². The Morgan fingerprint density at radius 2 is 1.92 bits per heavy atom. The Kier molecular flexibility index (Phi) is 4.43. The molecule has 2 aromatic rings. The lowest BCUT2D eigenvalue weighted by molar-refractivity contribution is 0.0715. The highest BCUT2D eigenvalue weighted by Gasteiger charge is 2.34. The van der Waals surface area contributed by atoms with Gasteiger partial charge in [-0.25, -0.2) is 9.67 Å². The lowest BCUT2D eigenvalue weighted by atomic mass is 10.0. The summed E-state index contributed by atoms with van der Waals surface area (Å²) in [5.41, 5.74) is 2.19. The molecule has 1 aromatic carbocycles. The van der Waals surface area contributed by atoms with Crippen molar-refractivity contribution in [1.29, 1.82) is 0 Å². The lowest BCUT2D eigenvalue weighted by Gasteiger charge is -2.23. The van der Waals surface area contributed by atoms with Crippen LogP contribution in [0.2, 0.25) is 0 Å². The maximum Gasteiger partial charge on any atom is 0.293 e. The summed E-state index contributed by atoms with van der Waals surface area (Å²) in [4.78, 5) is 18.9. The number of hydrogen-bond donors (Lipinski definition) is 0. The molecule has 5 nitrogen and oxygen atoms in total. The number of carbonyl (C=O) groups excluding carboxylic acids is 1. The molecule has 0 radical (unpaired) electrons. The van der Waals surface area contributed by atoms with Gasteiger partial charge in [0.15, 0.2) is 0 Å². The number of para-hydroxylation sites is 1. The molecular weight excluding hydrogens is 300 g/mol. The average Bonchev–Trinajstić information content (AvgIpc) is 3.35. The van der Waals surface area contributed by atoms with E-state index < -0.39 is 0 Å². The fourth-order valence-corrected chi connectivity index (χ4v) is 3.12. The van der Waals surface area contributed by atoms with Crippen LogP contribution in [0.15, 0.2) is 24.3 Å². The van der Waals surface area contributed by atoms with E-state index in [2.05, 4.69) is 36.9 Å². The molecule has 3 rings (SSSR count). The summed E-state index contributed by atoms with van der Waals surface area (Å²) in [5.74, 6) is 1.92. The highest BCUT2D eigenvalue weighted by atomic mass is 16.2. The van der Waals surface area contributed by atoms with Crippen LogP contribution in [-0.2, 0) is 0 Å². The van der Waals surface area contributed by atoms with E-state index in [0.717, 1.165) is 11.5 Å². The monoisotopic (exact) mass is 326 g/mol. The molecule has 1 heterocycles. The Bertz CT molecular complexity index is 746. The van der Waals surface area contributed by atoms with E-state index in [1.54, 1.807) is 9.58 Å². The minimum absolute atomic E-state index is 0.0988. The van der Waals surface area contributed by atoms with Crippen LogP contribution in [0.5, 0.6) is 0 Å². The van der Waals surface area contributed by atoms with Crippen LogP contribution in [0.1, 0.15) is 61.5 Å². The summed E-state index contributed by atoms with van der Waals surface area (Å²) in [6.07, 6.45) is 2.42. The highest BCUT2D eigenvalue weighted by Crippen LogP contribution is 2.35. The van der Waals surface area contributed by atoms with Crippen molar-refractivity contribution in [1.82, 2.24) is 19.7 Å². The van der Waals surface area contributed by atoms with Gasteiger partial charge in [0.25, 0.3) is 5.91 Å². The van der Waals surface area contributed by atoms with Crippen LogP contribution in [0.3, 0.4) is 0 Å². The van der Waals surface area contributed by atoms with Crippen molar-refractivity contribution in [2.45, 2.75) is 52.5 Å². The first-order valence-electron chi connectivity index (χ1n) is 8.70. The first-order valence-corrected chi connectivity index (χ1v) is 8.70. The van der Waals surface area contributed by atoms with Crippen LogP contribution < -0.4 is 0 Å². The quantitative estimate of drug-likeness (QED) is 0.844. The summed E-state index contributed by atoms with van der Waals surface area (Å²) >= 11 is 0. The van der Waals surface area contributed by atoms with E-state index in [-0.39, 0.29) is 17.8 Å². The molecule has 24 heavy (non-hydrogen) atoms. The maximum atomic E-state index is 12.7. The molecule has 0 unspecified atom stereocenters. The third-order valence-electron chi connectivity index (χ3n) is 4.98. The Hall–Kier alpha value is -2.17. The molecule has 1 aliphatic rings. The molecule has 0 bridgehead atoms. The second-order valence-electron chi connectivity index (χ2n) is 7.10. The Balaban J connectivity index is 1.92. The fraction of sp³-hybridized carbons (Fsp3) is 0.526. The van der Waals surface area contributed by atoms with Gasteiger partial charge >= 0.3 is 0 Å². The summed E-state index contributed by atoms with van der Waals surface area (Å²) in [5, 5.41) is 4.52. The normalized spacial score (nSPS) is 15.6. The highest BCUT2D eigenvalue weighted by molar-refractivity contribution is 5.90. The van der Waals surface area contributed by atoms with Gasteiger partial charge in [-0.1, -0.05) is 32.0 Å².